The zero-order chi connectivity index (χ0) is 17.6. The molecule has 8 unspecified atom stereocenters. The summed E-state index contributed by atoms with van der Waals surface area (Å²) in [6.45, 7) is 3.98. The summed E-state index contributed by atoms with van der Waals surface area (Å²) in [6, 6.07) is -0.467. The fraction of sp³-hybridized carbons (Fsp3) is 0.955. The molecule has 3 nitrogen and oxygen atoms in total. The van der Waals surface area contributed by atoms with Gasteiger partial charge in [-0.3, -0.25) is 4.79 Å². The summed E-state index contributed by atoms with van der Waals surface area (Å²) < 4.78 is 5.80. The molecule has 4 saturated carbocycles. The molecule has 4 fully saturated rings. The summed E-state index contributed by atoms with van der Waals surface area (Å²) in [7, 11) is 0. The van der Waals surface area contributed by atoms with Crippen LogP contribution in [0.1, 0.15) is 78.1 Å². The number of rotatable bonds is 3. The van der Waals surface area contributed by atoms with Crippen LogP contribution in [0.5, 0.6) is 0 Å². The Morgan fingerprint density at radius 3 is 2.20 bits per heavy atom. The number of hydrogen-bond donors (Lipinski definition) is 1. The van der Waals surface area contributed by atoms with Crippen LogP contribution < -0.4 is 5.73 Å². The maximum absolute atomic E-state index is 12.2. The first-order chi connectivity index (χ1) is 12.0. The molecule has 0 aromatic rings. The predicted octanol–water partition coefficient (Wildman–Crippen LogP) is 4.53. The van der Waals surface area contributed by atoms with Crippen molar-refractivity contribution >= 4 is 5.97 Å². The number of carbonyl (C=O) groups excluding carboxylic acids is 1. The highest BCUT2D eigenvalue weighted by molar-refractivity contribution is 5.75. The summed E-state index contributed by atoms with van der Waals surface area (Å²) in [6.07, 6.45) is 13.9. The zero-order valence-corrected chi connectivity index (χ0v) is 16.2. The maximum Gasteiger partial charge on any atom is 0.323 e. The molecule has 4 aliphatic carbocycles. The average molecular weight is 348 g/mol. The Morgan fingerprint density at radius 1 is 0.840 bits per heavy atom. The minimum atomic E-state index is -0.467. The highest BCUT2D eigenvalue weighted by Gasteiger charge is 2.49. The van der Waals surface area contributed by atoms with Gasteiger partial charge in [-0.2, -0.15) is 0 Å². The number of carbonyl (C=O) groups is 1. The van der Waals surface area contributed by atoms with Crippen molar-refractivity contribution in [1.82, 2.24) is 0 Å². The van der Waals surface area contributed by atoms with Gasteiger partial charge in [0, 0.05) is 0 Å². The lowest BCUT2D eigenvalue weighted by atomic mass is 9.53. The molecule has 0 aliphatic heterocycles. The van der Waals surface area contributed by atoms with Crippen LogP contribution in [0.2, 0.25) is 0 Å². The molecule has 4 rings (SSSR count). The minimum absolute atomic E-state index is 0.123. The Hall–Kier alpha value is -0.570. The third-order valence-corrected chi connectivity index (χ3v) is 8.38. The highest BCUT2D eigenvalue weighted by Crippen LogP contribution is 2.57. The lowest BCUT2D eigenvalue weighted by Crippen LogP contribution is -2.46. The number of ether oxygens (including phenoxy) is 1. The molecule has 0 aromatic carbocycles. The summed E-state index contributed by atoms with van der Waals surface area (Å²) in [5.74, 6) is 5.80. The normalized spacial score (nSPS) is 44.6. The van der Waals surface area contributed by atoms with Crippen LogP contribution in [-0.2, 0) is 9.53 Å². The van der Waals surface area contributed by atoms with E-state index < -0.39 is 6.04 Å². The van der Waals surface area contributed by atoms with Crippen molar-refractivity contribution < 1.29 is 9.53 Å². The van der Waals surface area contributed by atoms with E-state index in [1.807, 2.05) is 13.8 Å². The van der Waals surface area contributed by atoms with E-state index in [1.54, 1.807) is 0 Å². The topological polar surface area (TPSA) is 52.3 Å². The summed E-state index contributed by atoms with van der Waals surface area (Å²) in [4.78, 5) is 12.2. The van der Waals surface area contributed by atoms with E-state index in [-0.39, 0.29) is 18.0 Å². The second-order valence-electron chi connectivity index (χ2n) is 9.90. The van der Waals surface area contributed by atoms with Crippen LogP contribution in [0.15, 0.2) is 0 Å². The van der Waals surface area contributed by atoms with Crippen LogP contribution in [-0.4, -0.2) is 18.1 Å². The second kappa shape index (κ2) is 7.21. The molecule has 4 aliphatic rings. The third kappa shape index (κ3) is 3.38. The van der Waals surface area contributed by atoms with Crippen molar-refractivity contribution in [3.8, 4) is 0 Å². The molecular weight excluding hydrogens is 310 g/mol. The second-order valence-corrected chi connectivity index (χ2v) is 9.90. The first-order valence-corrected chi connectivity index (χ1v) is 11.0. The summed E-state index contributed by atoms with van der Waals surface area (Å²) >= 11 is 0. The van der Waals surface area contributed by atoms with Gasteiger partial charge in [0.25, 0.3) is 0 Å². The fourth-order valence-corrected chi connectivity index (χ4v) is 7.05. The Balaban J connectivity index is 1.36. The first kappa shape index (κ1) is 17.8. The Labute approximate surface area is 153 Å². The summed E-state index contributed by atoms with van der Waals surface area (Å²) in [5, 5.41) is 0. The molecule has 0 radical (unpaired) electrons. The molecule has 8 atom stereocenters. The molecular formula is C22H37NO2. The number of fused-ring (bicyclic) bond motifs is 5. The molecule has 3 heteroatoms. The van der Waals surface area contributed by atoms with Gasteiger partial charge in [0.1, 0.15) is 12.1 Å². The SMILES string of the molecule is CC(C)C(N)C(=O)OC1CCC2C(CCC3C4CCCC4CCC23)C1. The van der Waals surface area contributed by atoms with Gasteiger partial charge < -0.3 is 10.5 Å². The number of esters is 1. The third-order valence-electron chi connectivity index (χ3n) is 8.38. The zero-order valence-electron chi connectivity index (χ0n) is 16.2. The van der Waals surface area contributed by atoms with E-state index in [0.29, 0.717) is 0 Å². The van der Waals surface area contributed by atoms with E-state index in [2.05, 4.69) is 0 Å². The molecule has 142 valence electrons. The maximum atomic E-state index is 12.2. The summed E-state index contributed by atoms with van der Waals surface area (Å²) in [5.41, 5.74) is 5.97. The van der Waals surface area contributed by atoms with Crippen molar-refractivity contribution in [2.75, 3.05) is 0 Å². The molecule has 0 bridgehead atoms. The van der Waals surface area contributed by atoms with Crippen LogP contribution in [0, 0.1) is 41.4 Å². The van der Waals surface area contributed by atoms with Crippen molar-refractivity contribution in [1.29, 1.82) is 0 Å². The highest BCUT2D eigenvalue weighted by atomic mass is 16.5. The van der Waals surface area contributed by atoms with E-state index in [9.17, 15) is 4.79 Å². The van der Waals surface area contributed by atoms with Gasteiger partial charge in [-0.1, -0.05) is 26.7 Å². The molecule has 25 heavy (non-hydrogen) atoms. The van der Waals surface area contributed by atoms with Crippen LogP contribution in [0.4, 0.5) is 0 Å². The number of hydrogen-bond acceptors (Lipinski definition) is 3. The van der Waals surface area contributed by atoms with Gasteiger partial charge in [-0.15, -0.1) is 0 Å². The Bertz CT molecular complexity index is 490. The van der Waals surface area contributed by atoms with Gasteiger partial charge in [-0.05, 0) is 92.8 Å². The van der Waals surface area contributed by atoms with Crippen molar-refractivity contribution in [2.45, 2.75) is 90.2 Å². The van der Waals surface area contributed by atoms with Crippen molar-refractivity contribution in [2.24, 2.45) is 47.2 Å². The molecule has 0 heterocycles. The van der Waals surface area contributed by atoms with Crippen LogP contribution in [0.3, 0.4) is 0 Å². The van der Waals surface area contributed by atoms with E-state index in [0.717, 1.165) is 48.3 Å². The van der Waals surface area contributed by atoms with Crippen molar-refractivity contribution in [3.63, 3.8) is 0 Å². The fourth-order valence-electron chi connectivity index (χ4n) is 7.05. The molecule has 0 saturated heterocycles. The van der Waals surface area contributed by atoms with Crippen LogP contribution >= 0.6 is 0 Å². The van der Waals surface area contributed by atoms with Gasteiger partial charge in [0.15, 0.2) is 0 Å². The molecule has 0 aromatic heterocycles. The van der Waals surface area contributed by atoms with E-state index in [1.165, 1.54) is 51.4 Å². The minimum Gasteiger partial charge on any atom is -0.461 e. The van der Waals surface area contributed by atoms with Gasteiger partial charge in [0.05, 0.1) is 0 Å². The van der Waals surface area contributed by atoms with Gasteiger partial charge >= 0.3 is 5.97 Å². The number of nitrogens with two attached hydrogens (primary N) is 1. The van der Waals surface area contributed by atoms with Crippen molar-refractivity contribution in [3.05, 3.63) is 0 Å². The predicted molar refractivity (Wildman–Crippen MR) is 99.8 cm³/mol. The van der Waals surface area contributed by atoms with Gasteiger partial charge in [0.2, 0.25) is 0 Å². The quantitative estimate of drug-likeness (QED) is 0.763. The Kier molecular flexibility index (Phi) is 5.14. The van der Waals surface area contributed by atoms with Gasteiger partial charge in [-0.25, -0.2) is 0 Å². The average Bonchev–Trinajstić information content (AvgIpc) is 3.09. The molecule has 2 N–H and O–H groups in total. The standard InChI is InChI=1S/C22H37NO2/c1-13(2)21(23)22(24)25-16-8-11-18-15(12-16)7-10-19-17-5-3-4-14(17)6-9-20(18)19/h13-21H,3-12,23H2,1-2H3. The lowest BCUT2D eigenvalue weighted by Gasteiger charge is -2.52. The Morgan fingerprint density at radius 2 is 1.48 bits per heavy atom. The van der Waals surface area contributed by atoms with Crippen LogP contribution in [0.25, 0.3) is 0 Å². The monoisotopic (exact) mass is 347 g/mol. The molecule has 0 amide bonds. The lowest BCUT2D eigenvalue weighted by molar-refractivity contribution is -0.156. The first-order valence-electron chi connectivity index (χ1n) is 11.0. The molecule has 0 spiro atoms. The van der Waals surface area contributed by atoms with E-state index in [4.69, 9.17) is 10.5 Å². The largest absolute Gasteiger partial charge is 0.461 e. The van der Waals surface area contributed by atoms with E-state index >= 15 is 0 Å². The smallest absolute Gasteiger partial charge is 0.323 e.